The molecular formula is C12H11ClO2. The summed E-state index contributed by atoms with van der Waals surface area (Å²) >= 11 is 5.89. The molecule has 1 unspecified atom stereocenters. The number of carbonyl (C=O) groups is 1. The van der Waals surface area contributed by atoms with E-state index in [0.29, 0.717) is 5.02 Å². The van der Waals surface area contributed by atoms with Gasteiger partial charge >= 0.3 is 5.97 Å². The van der Waals surface area contributed by atoms with Gasteiger partial charge in [-0.1, -0.05) is 23.7 Å². The third kappa shape index (κ3) is 1.77. The molecule has 0 spiro atoms. The maximum atomic E-state index is 11.4. The van der Waals surface area contributed by atoms with E-state index < -0.39 is 0 Å². The van der Waals surface area contributed by atoms with Gasteiger partial charge < -0.3 is 4.74 Å². The number of esters is 1. The first kappa shape index (κ1) is 10.2. The second kappa shape index (κ2) is 3.70. The van der Waals surface area contributed by atoms with Crippen molar-refractivity contribution < 1.29 is 9.53 Å². The van der Waals surface area contributed by atoms with Crippen LogP contribution in [0.5, 0.6) is 0 Å². The fourth-order valence-electron chi connectivity index (χ4n) is 1.79. The Morgan fingerprint density at radius 2 is 2.20 bits per heavy atom. The Morgan fingerprint density at radius 3 is 2.80 bits per heavy atom. The molecule has 0 bridgehead atoms. The lowest BCUT2D eigenvalue weighted by Gasteiger charge is -1.99. The van der Waals surface area contributed by atoms with E-state index in [2.05, 4.69) is 0 Å². The number of hydrogen-bond acceptors (Lipinski definition) is 2. The zero-order valence-electron chi connectivity index (χ0n) is 8.58. The molecule has 3 heteroatoms. The van der Waals surface area contributed by atoms with E-state index in [1.54, 1.807) is 0 Å². The van der Waals surface area contributed by atoms with Crippen LogP contribution in [0.25, 0.3) is 5.57 Å². The van der Waals surface area contributed by atoms with Gasteiger partial charge in [-0.25, -0.2) is 0 Å². The molecule has 0 amide bonds. The van der Waals surface area contributed by atoms with Crippen molar-refractivity contribution in [3.8, 4) is 0 Å². The standard InChI is InChI=1S/C12H11ClO2/c1-7-10(11(7)12(14)15-2)8-4-3-5-9(13)6-8/h3-6,11H,1-2H3. The topological polar surface area (TPSA) is 26.3 Å². The number of carbonyl (C=O) groups excluding carboxylic acids is 1. The van der Waals surface area contributed by atoms with Crippen LogP contribution in [0.2, 0.25) is 5.02 Å². The van der Waals surface area contributed by atoms with Gasteiger partial charge in [-0.3, -0.25) is 4.79 Å². The van der Waals surface area contributed by atoms with E-state index in [1.165, 1.54) is 7.11 Å². The van der Waals surface area contributed by atoms with Crippen LogP contribution in [-0.2, 0) is 9.53 Å². The molecule has 1 aliphatic rings. The van der Waals surface area contributed by atoms with Gasteiger partial charge in [0.25, 0.3) is 0 Å². The van der Waals surface area contributed by atoms with Crippen molar-refractivity contribution in [1.82, 2.24) is 0 Å². The van der Waals surface area contributed by atoms with Gasteiger partial charge in [0.15, 0.2) is 0 Å². The molecule has 0 aromatic heterocycles. The summed E-state index contributed by atoms with van der Waals surface area (Å²) < 4.78 is 4.71. The zero-order valence-corrected chi connectivity index (χ0v) is 9.34. The summed E-state index contributed by atoms with van der Waals surface area (Å²) in [5.74, 6) is -0.351. The van der Waals surface area contributed by atoms with E-state index in [1.807, 2.05) is 31.2 Å². The first-order valence-corrected chi connectivity index (χ1v) is 5.07. The van der Waals surface area contributed by atoms with Gasteiger partial charge in [-0.05, 0) is 35.8 Å². The van der Waals surface area contributed by atoms with Crippen molar-refractivity contribution in [3.63, 3.8) is 0 Å². The van der Waals surface area contributed by atoms with E-state index >= 15 is 0 Å². The smallest absolute Gasteiger partial charge is 0.317 e. The Hall–Kier alpha value is -1.28. The average molecular weight is 223 g/mol. The predicted molar refractivity (Wildman–Crippen MR) is 59.6 cm³/mol. The first-order valence-electron chi connectivity index (χ1n) is 4.69. The molecule has 0 fully saturated rings. The summed E-state index contributed by atoms with van der Waals surface area (Å²) in [5.41, 5.74) is 3.13. The van der Waals surface area contributed by atoms with Crippen molar-refractivity contribution in [2.75, 3.05) is 7.11 Å². The molecule has 2 rings (SSSR count). The molecule has 15 heavy (non-hydrogen) atoms. The molecule has 1 atom stereocenters. The lowest BCUT2D eigenvalue weighted by molar-refractivity contribution is -0.141. The van der Waals surface area contributed by atoms with Gasteiger partial charge in [0.1, 0.15) is 5.92 Å². The number of methoxy groups -OCH3 is 1. The summed E-state index contributed by atoms with van der Waals surface area (Å²) in [4.78, 5) is 11.4. The van der Waals surface area contributed by atoms with Crippen LogP contribution >= 0.6 is 11.6 Å². The number of hydrogen-bond donors (Lipinski definition) is 0. The molecule has 1 aromatic rings. The minimum atomic E-state index is -0.192. The first-order chi connectivity index (χ1) is 7.15. The monoisotopic (exact) mass is 222 g/mol. The van der Waals surface area contributed by atoms with Crippen LogP contribution in [0.3, 0.4) is 0 Å². The highest BCUT2D eigenvalue weighted by Gasteiger charge is 2.40. The van der Waals surface area contributed by atoms with Crippen molar-refractivity contribution >= 4 is 23.1 Å². The van der Waals surface area contributed by atoms with E-state index in [9.17, 15) is 4.79 Å². The maximum Gasteiger partial charge on any atom is 0.317 e. The van der Waals surface area contributed by atoms with Crippen molar-refractivity contribution in [3.05, 3.63) is 40.4 Å². The van der Waals surface area contributed by atoms with Crippen LogP contribution in [0.4, 0.5) is 0 Å². The second-order valence-corrected chi connectivity index (χ2v) is 4.00. The molecule has 0 radical (unpaired) electrons. The molecule has 1 aromatic carbocycles. The van der Waals surface area contributed by atoms with Crippen LogP contribution in [0.1, 0.15) is 12.5 Å². The quantitative estimate of drug-likeness (QED) is 0.720. The Kier molecular flexibility index (Phi) is 2.53. The SMILES string of the molecule is COC(=O)C1C(C)=C1c1cccc(Cl)c1. The van der Waals surface area contributed by atoms with E-state index in [-0.39, 0.29) is 11.9 Å². The Bertz CT molecular complexity index is 449. The van der Waals surface area contributed by atoms with Crippen molar-refractivity contribution in [2.45, 2.75) is 6.92 Å². The largest absolute Gasteiger partial charge is 0.468 e. The summed E-state index contributed by atoms with van der Waals surface area (Å²) in [6, 6.07) is 7.51. The molecule has 0 N–H and O–H groups in total. The highest BCUT2D eigenvalue weighted by molar-refractivity contribution is 6.30. The van der Waals surface area contributed by atoms with Gasteiger partial charge in [-0.2, -0.15) is 0 Å². The average Bonchev–Trinajstić information content (AvgIpc) is 2.89. The van der Waals surface area contributed by atoms with Gasteiger partial charge in [-0.15, -0.1) is 0 Å². The summed E-state index contributed by atoms with van der Waals surface area (Å²) in [6.45, 7) is 1.94. The lowest BCUT2D eigenvalue weighted by atomic mass is 10.1. The zero-order chi connectivity index (χ0) is 11.0. The minimum absolute atomic E-state index is 0.159. The Labute approximate surface area is 93.5 Å². The third-order valence-corrected chi connectivity index (χ3v) is 2.87. The third-order valence-electron chi connectivity index (χ3n) is 2.64. The number of benzene rings is 1. The fraction of sp³-hybridized carbons (Fsp3) is 0.250. The molecule has 1 aliphatic carbocycles. The van der Waals surface area contributed by atoms with Crippen LogP contribution in [0.15, 0.2) is 29.8 Å². The molecule has 0 saturated heterocycles. The highest BCUT2D eigenvalue weighted by atomic mass is 35.5. The van der Waals surface area contributed by atoms with Crippen LogP contribution in [0, 0.1) is 5.92 Å². The van der Waals surface area contributed by atoms with Crippen LogP contribution in [-0.4, -0.2) is 13.1 Å². The molecule has 0 aliphatic heterocycles. The van der Waals surface area contributed by atoms with Gasteiger partial charge in [0, 0.05) is 5.02 Å². The Balaban J connectivity index is 2.24. The minimum Gasteiger partial charge on any atom is -0.468 e. The van der Waals surface area contributed by atoms with Crippen molar-refractivity contribution in [1.29, 1.82) is 0 Å². The molecule has 78 valence electrons. The highest BCUT2D eigenvalue weighted by Crippen LogP contribution is 2.47. The number of halogens is 1. The number of rotatable bonds is 2. The molecule has 0 heterocycles. The predicted octanol–water partition coefficient (Wildman–Crippen LogP) is 2.92. The summed E-state index contributed by atoms with van der Waals surface area (Å²) in [5, 5.41) is 0.684. The van der Waals surface area contributed by atoms with Crippen molar-refractivity contribution in [2.24, 2.45) is 5.92 Å². The lowest BCUT2D eigenvalue weighted by Crippen LogP contribution is -2.05. The molecule has 0 saturated carbocycles. The van der Waals surface area contributed by atoms with Crippen LogP contribution < -0.4 is 0 Å². The summed E-state index contributed by atoms with van der Waals surface area (Å²) in [6.07, 6.45) is 0. The fourth-order valence-corrected chi connectivity index (χ4v) is 1.98. The number of ether oxygens (including phenoxy) is 1. The summed E-state index contributed by atoms with van der Waals surface area (Å²) in [7, 11) is 1.41. The van der Waals surface area contributed by atoms with E-state index in [0.717, 1.165) is 16.7 Å². The normalized spacial score (nSPS) is 19.0. The maximum absolute atomic E-state index is 11.4. The van der Waals surface area contributed by atoms with Gasteiger partial charge in [0.2, 0.25) is 0 Å². The second-order valence-electron chi connectivity index (χ2n) is 3.56. The van der Waals surface area contributed by atoms with Gasteiger partial charge in [0.05, 0.1) is 7.11 Å². The molecule has 2 nitrogen and oxygen atoms in total. The van der Waals surface area contributed by atoms with E-state index in [4.69, 9.17) is 16.3 Å². The Morgan fingerprint density at radius 1 is 1.47 bits per heavy atom. The molecular weight excluding hydrogens is 212 g/mol.